The zero-order valence-electron chi connectivity index (χ0n) is 14.4. The standard InChI is InChI=1S/C21H19NO4/c1-25-21(24)18-11-16-9-5-6-10-17(16)12-19(18)22-20(23)14-26-13-15-7-3-2-4-8-15/h2-12H,13-14H2,1H3,(H,22,23). The van der Waals surface area contributed by atoms with E-state index < -0.39 is 5.97 Å². The Hall–Kier alpha value is -3.18. The Morgan fingerprint density at radius 1 is 0.923 bits per heavy atom. The third-order valence-electron chi connectivity index (χ3n) is 3.91. The van der Waals surface area contributed by atoms with Gasteiger partial charge in [0.2, 0.25) is 5.91 Å². The SMILES string of the molecule is COC(=O)c1cc2ccccc2cc1NC(=O)COCc1ccccc1. The summed E-state index contributed by atoms with van der Waals surface area (Å²) >= 11 is 0. The van der Waals surface area contributed by atoms with Gasteiger partial charge in [-0.2, -0.15) is 0 Å². The summed E-state index contributed by atoms with van der Waals surface area (Å²) in [6, 6.07) is 20.7. The molecular formula is C21H19NO4. The number of ether oxygens (including phenoxy) is 2. The molecule has 1 N–H and O–H groups in total. The number of methoxy groups -OCH3 is 1. The highest BCUT2D eigenvalue weighted by Crippen LogP contribution is 2.25. The average molecular weight is 349 g/mol. The highest BCUT2D eigenvalue weighted by molar-refractivity contribution is 6.06. The minimum Gasteiger partial charge on any atom is -0.465 e. The van der Waals surface area contributed by atoms with Crippen LogP contribution in [0.15, 0.2) is 66.7 Å². The number of hydrogen-bond donors (Lipinski definition) is 1. The molecule has 5 nitrogen and oxygen atoms in total. The molecule has 3 aromatic carbocycles. The van der Waals surface area contributed by atoms with E-state index in [0.29, 0.717) is 17.9 Å². The average Bonchev–Trinajstić information content (AvgIpc) is 2.67. The fourth-order valence-electron chi connectivity index (χ4n) is 2.64. The Kier molecular flexibility index (Phi) is 5.61. The Bertz CT molecular complexity index is 922. The monoisotopic (exact) mass is 349 g/mol. The number of carbonyl (C=O) groups is 2. The first kappa shape index (κ1) is 17.6. The molecule has 132 valence electrons. The fraction of sp³-hybridized carbons (Fsp3) is 0.143. The van der Waals surface area contributed by atoms with E-state index >= 15 is 0 Å². The minimum atomic E-state index is -0.503. The van der Waals surface area contributed by atoms with Crippen molar-refractivity contribution in [2.24, 2.45) is 0 Å². The van der Waals surface area contributed by atoms with Crippen molar-refractivity contribution in [2.45, 2.75) is 6.61 Å². The maximum absolute atomic E-state index is 12.2. The molecule has 0 fully saturated rings. The van der Waals surface area contributed by atoms with Crippen LogP contribution in [0.1, 0.15) is 15.9 Å². The molecular weight excluding hydrogens is 330 g/mol. The Balaban J connectivity index is 1.72. The number of nitrogens with one attached hydrogen (secondary N) is 1. The Morgan fingerprint density at radius 3 is 2.27 bits per heavy atom. The zero-order chi connectivity index (χ0) is 18.4. The molecule has 5 heteroatoms. The molecule has 26 heavy (non-hydrogen) atoms. The maximum Gasteiger partial charge on any atom is 0.339 e. The van der Waals surface area contributed by atoms with Crippen LogP contribution in [0.2, 0.25) is 0 Å². The molecule has 0 aliphatic heterocycles. The maximum atomic E-state index is 12.2. The molecule has 0 aromatic heterocycles. The third-order valence-corrected chi connectivity index (χ3v) is 3.91. The van der Waals surface area contributed by atoms with Crippen molar-refractivity contribution in [2.75, 3.05) is 19.0 Å². The van der Waals surface area contributed by atoms with Crippen molar-refractivity contribution in [3.05, 3.63) is 77.9 Å². The van der Waals surface area contributed by atoms with Crippen LogP contribution in [0, 0.1) is 0 Å². The molecule has 1 amide bonds. The van der Waals surface area contributed by atoms with E-state index in [0.717, 1.165) is 16.3 Å². The zero-order valence-corrected chi connectivity index (χ0v) is 14.4. The van der Waals surface area contributed by atoms with Crippen LogP contribution in [0.25, 0.3) is 10.8 Å². The van der Waals surface area contributed by atoms with Gasteiger partial charge in [-0.25, -0.2) is 4.79 Å². The predicted octanol–water partition coefficient (Wildman–Crippen LogP) is 3.78. The second-order valence-electron chi connectivity index (χ2n) is 5.76. The van der Waals surface area contributed by atoms with Gasteiger partial charge in [0.15, 0.2) is 0 Å². The van der Waals surface area contributed by atoms with Crippen molar-refractivity contribution in [3.8, 4) is 0 Å². The lowest BCUT2D eigenvalue weighted by atomic mass is 10.0. The number of fused-ring (bicyclic) bond motifs is 1. The summed E-state index contributed by atoms with van der Waals surface area (Å²) in [5.41, 5.74) is 1.70. The van der Waals surface area contributed by atoms with Gasteiger partial charge in [-0.05, 0) is 28.5 Å². The Labute approximate surface area is 151 Å². The van der Waals surface area contributed by atoms with Crippen LogP contribution in [-0.4, -0.2) is 25.6 Å². The van der Waals surface area contributed by atoms with Gasteiger partial charge in [0.25, 0.3) is 0 Å². The number of benzene rings is 3. The van der Waals surface area contributed by atoms with E-state index in [1.54, 1.807) is 12.1 Å². The summed E-state index contributed by atoms with van der Waals surface area (Å²) in [6.45, 7) is 0.234. The first-order chi connectivity index (χ1) is 12.7. The van der Waals surface area contributed by atoms with Crippen LogP contribution < -0.4 is 5.32 Å². The Morgan fingerprint density at radius 2 is 1.58 bits per heavy atom. The van der Waals surface area contributed by atoms with Crippen molar-refractivity contribution >= 4 is 28.3 Å². The lowest BCUT2D eigenvalue weighted by Crippen LogP contribution is -2.20. The second-order valence-corrected chi connectivity index (χ2v) is 5.76. The van der Waals surface area contributed by atoms with Crippen molar-refractivity contribution in [3.63, 3.8) is 0 Å². The quantitative estimate of drug-likeness (QED) is 0.688. The highest BCUT2D eigenvalue weighted by atomic mass is 16.5. The normalized spacial score (nSPS) is 10.5. The van der Waals surface area contributed by atoms with Crippen molar-refractivity contribution in [1.29, 1.82) is 0 Å². The molecule has 3 aromatic rings. The van der Waals surface area contributed by atoms with E-state index in [4.69, 9.17) is 9.47 Å². The summed E-state index contributed by atoms with van der Waals surface area (Å²) in [4.78, 5) is 24.3. The predicted molar refractivity (Wildman–Crippen MR) is 100 cm³/mol. The van der Waals surface area contributed by atoms with Crippen LogP contribution in [0.4, 0.5) is 5.69 Å². The molecule has 0 atom stereocenters. The first-order valence-electron chi connectivity index (χ1n) is 8.20. The minimum absolute atomic E-state index is 0.109. The number of hydrogen-bond acceptors (Lipinski definition) is 4. The molecule has 3 rings (SSSR count). The number of amides is 1. The van der Waals surface area contributed by atoms with Crippen LogP contribution in [-0.2, 0) is 20.9 Å². The summed E-state index contributed by atoms with van der Waals surface area (Å²) in [5, 5.41) is 4.55. The molecule has 0 unspecified atom stereocenters. The van der Waals surface area contributed by atoms with Crippen LogP contribution >= 0.6 is 0 Å². The van der Waals surface area contributed by atoms with Gasteiger partial charge in [-0.3, -0.25) is 4.79 Å². The molecule has 0 bridgehead atoms. The smallest absolute Gasteiger partial charge is 0.339 e. The number of rotatable bonds is 6. The van der Waals surface area contributed by atoms with Gasteiger partial charge < -0.3 is 14.8 Å². The van der Waals surface area contributed by atoms with Gasteiger partial charge in [0, 0.05) is 0 Å². The lowest BCUT2D eigenvalue weighted by Gasteiger charge is -2.12. The van der Waals surface area contributed by atoms with Gasteiger partial charge >= 0.3 is 5.97 Å². The van der Waals surface area contributed by atoms with Gasteiger partial charge in [0.05, 0.1) is 25.0 Å². The number of carbonyl (C=O) groups excluding carboxylic acids is 2. The lowest BCUT2D eigenvalue weighted by molar-refractivity contribution is -0.121. The van der Waals surface area contributed by atoms with Crippen LogP contribution in [0.5, 0.6) is 0 Å². The highest BCUT2D eigenvalue weighted by Gasteiger charge is 2.15. The van der Waals surface area contributed by atoms with Gasteiger partial charge in [0.1, 0.15) is 6.61 Å². The van der Waals surface area contributed by atoms with E-state index in [-0.39, 0.29) is 12.5 Å². The largest absolute Gasteiger partial charge is 0.465 e. The molecule has 0 saturated heterocycles. The topological polar surface area (TPSA) is 64.6 Å². The summed E-state index contributed by atoms with van der Waals surface area (Å²) in [5.74, 6) is -0.836. The van der Waals surface area contributed by atoms with E-state index in [1.807, 2.05) is 54.6 Å². The van der Waals surface area contributed by atoms with E-state index in [2.05, 4.69) is 5.32 Å². The summed E-state index contributed by atoms with van der Waals surface area (Å²) in [6.07, 6.45) is 0. The van der Waals surface area contributed by atoms with Gasteiger partial charge in [-0.15, -0.1) is 0 Å². The molecule has 0 aliphatic carbocycles. The number of esters is 1. The first-order valence-corrected chi connectivity index (χ1v) is 8.20. The van der Waals surface area contributed by atoms with Crippen LogP contribution in [0.3, 0.4) is 0 Å². The van der Waals surface area contributed by atoms with Gasteiger partial charge in [-0.1, -0.05) is 54.6 Å². The molecule has 0 saturated carbocycles. The van der Waals surface area contributed by atoms with E-state index in [9.17, 15) is 9.59 Å². The third kappa shape index (κ3) is 4.26. The molecule has 0 heterocycles. The second kappa shape index (κ2) is 8.27. The molecule has 0 aliphatic rings. The summed E-state index contributed by atoms with van der Waals surface area (Å²) in [7, 11) is 1.31. The number of anilines is 1. The molecule has 0 radical (unpaired) electrons. The van der Waals surface area contributed by atoms with E-state index in [1.165, 1.54) is 7.11 Å². The fourth-order valence-corrected chi connectivity index (χ4v) is 2.64. The summed E-state index contributed by atoms with van der Waals surface area (Å²) < 4.78 is 10.3. The van der Waals surface area contributed by atoms with Crippen molar-refractivity contribution < 1.29 is 19.1 Å². The molecule has 0 spiro atoms. The van der Waals surface area contributed by atoms with Crippen molar-refractivity contribution in [1.82, 2.24) is 0 Å².